The Labute approximate surface area is 120 Å². The quantitative estimate of drug-likeness (QED) is 0.856. The molecule has 3 atom stereocenters. The van der Waals surface area contributed by atoms with Crippen LogP contribution in [0, 0.1) is 5.92 Å². The van der Waals surface area contributed by atoms with Gasteiger partial charge in [-0.3, -0.25) is 4.79 Å². The van der Waals surface area contributed by atoms with Gasteiger partial charge in [0.15, 0.2) is 0 Å². The van der Waals surface area contributed by atoms with Crippen molar-refractivity contribution in [2.24, 2.45) is 11.7 Å². The molecular formula is C16H24N2O2. The van der Waals surface area contributed by atoms with Crippen LogP contribution in [-0.2, 0) is 16.0 Å². The molecule has 0 aromatic heterocycles. The average Bonchev–Trinajstić information content (AvgIpc) is 2.76. The van der Waals surface area contributed by atoms with Crippen molar-refractivity contribution < 1.29 is 9.53 Å². The van der Waals surface area contributed by atoms with E-state index in [0.29, 0.717) is 19.6 Å². The van der Waals surface area contributed by atoms with Gasteiger partial charge in [0.05, 0.1) is 17.6 Å². The average molecular weight is 276 g/mol. The SMILES string of the molecule is CC1OCCC1(C)NC(=O)C(CN)Cc1ccccc1. The van der Waals surface area contributed by atoms with Gasteiger partial charge in [0.2, 0.25) is 5.91 Å². The number of amides is 1. The summed E-state index contributed by atoms with van der Waals surface area (Å²) >= 11 is 0. The van der Waals surface area contributed by atoms with Crippen LogP contribution in [0.25, 0.3) is 0 Å². The summed E-state index contributed by atoms with van der Waals surface area (Å²) in [4.78, 5) is 12.4. The summed E-state index contributed by atoms with van der Waals surface area (Å²) in [5.41, 5.74) is 6.64. The summed E-state index contributed by atoms with van der Waals surface area (Å²) in [6.45, 7) is 5.09. The Bertz CT molecular complexity index is 449. The third-order valence-corrected chi connectivity index (χ3v) is 4.28. The van der Waals surface area contributed by atoms with Gasteiger partial charge in [0.25, 0.3) is 0 Å². The number of ether oxygens (including phenoxy) is 1. The first-order valence-corrected chi connectivity index (χ1v) is 7.23. The number of benzene rings is 1. The van der Waals surface area contributed by atoms with Crippen LogP contribution in [0.3, 0.4) is 0 Å². The van der Waals surface area contributed by atoms with Crippen LogP contribution < -0.4 is 11.1 Å². The van der Waals surface area contributed by atoms with Crippen molar-refractivity contribution in [2.75, 3.05) is 13.2 Å². The van der Waals surface area contributed by atoms with Crippen molar-refractivity contribution in [3.63, 3.8) is 0 Å². The fraction of sp³-hybridized carbons (Fsp3) is 0.562. The van der Waals surface area contributed by atoms with Gasteiger partial charge in [-0.05, 0) is 32.3 Å². The first kappa shape index (κ1) is 15.0. The number of carbonyl (C=O) groups excluding carboxylic acids is 1. The molecule has 1 amide bonds. The highest BCUT2D eigenvalue weighted by Gasteiger charge is 2.39. The van der Waals surface area contributed by atoms with E-state index in [1.165, 1.54) is 0 Å². The van der Waals surface area contributed by atoms with Crippen LogP contribution in [0.5, 0.6) is 0 Å². The summed E-state index contributed by atoms with van der Waals surface area (Å²) in [5.74, 6) is -0.168. The topological polar surface area (TPSA) is 64.3 Å². The van der Waals surface area contributed by atoms with Crippen LogP contribution in [0.15, 0.2) is 30.3 Å². The number of rotatable bonds is 5. The number of hydrogen-bond donors (Lipinski definition) is 2. The second kappa shape index (κ2) is 6.37. The predicted molar refractivity (Wildman–Crippen MR) is 79.3 cm³/mol. The normalized spacial score (nSPS) is 27.2. The summed E-state index contributed by atoms with van der Waals surface area (Å²) in [7, 11) is 0. The van der Waals surface area contributed by atoms with Gasteiger partial charge >= 0.3 is 0 Å². The zero-order valence-electron chi connectivity index (χ0n) is 12.3. The minimum Gasteiger partial charge on any atom is -0.376 e. The van der Waals surface area contributed by atoms with Crippen LogP contribution in [0.4, 0.5) is 0 Å². The van der Waals surface area contributed by atoms with Gasteiger partial charge < -0.3 is 15.8 Å². The summed E-state index contributed by atoms with van der Waals surface area (Å²) in [5, 5.41) is 3.13. The van der Waals surface area contributed by atoms with Crippen molar-refractivity contribution in [3.8, 4) is 0 Å². The molecule has 4 heteroatoms. The lowest BCUT2D eigenvalue weighted by atomic mass is 9.92. The van der Waals surface area contributed by atoms with E-state index in [4.69, 9.17) is 10.5 Å². The lowest BCUT2D eigenvalue weighted by Gasteiger charge is -2.30. The van der Waals surface area contributed by atoms with Gasteiger partial charge in [-0.2, -0.15) is 0 Å². The minimum absolute atomic E-state index is 0.0243. The summed E-state index contributed by atoms with van der Waals surface area (Å²) < 4.78 is 5.56. The van der Waals surface area contributed by atoms with E-state index in [2.05, 4.69) is 5.32 Å². The predicted octanol–water partition coefficient (Wildman–Crippen LogP) is 1.49. The number of nitrogens with one attached hydrogen (secondary N) is 1. The molecule has 4 nitrogen and oxygen atoms in total. The van der Waals surface area contributed by atoms with Crippen LogP contribution in [-0.4, -0.2) is 30.7 Å². The fourth-order valence-corrected chi connectivity index (χ4v) is 2.56. The molecule has 0 saturated carbocycles. The third-order valence-electron chi connectivity index (χ3n) is 4.28. The molecule has 2 rings (SSSR count). The van der Waals surface area contributed by atoms with Gasteiger partial charge in [0, 0.05) is 13.2 Å². The first-order valence-electron chi connectivity index (χ1n) is 7.23. The molecule has 1 aliphatic rings. The van der Waals surface area contributed by atoms with Crippen LogP contribution in [0.1, 0.15) is 25.8 Å². The monoisotopic (exact) mass is 276 g/mol. The van der Waals surface area contributed by atoms with Crippen molar-refractivity contribution in [1.82, 2.24) is 5.32 Å². The van der Waals surface area contributed by atoms with Gasteiger partial charge in [-0.1, -0.05) is 30.3 Å². The highest BCUT2D eigenvalue weighted by atomic mass is 16.5. The first-order chi connectivity index (χ1) is 9.55. The number of carbonyl (C=O) groups is 1. The second-order valence-corrected chi connectivity index (χ2v) is 5.79. The van der Waals surface area contributed by atoms with E-state index in [0.717, 1.165) is 12.0 Å². The van der Waals surface area contributed by atoms with Gasteiger partial charge in [0.1, 0.15) is 0 Å². The molecule has 1 fully saturated rings. The van der Waals surface area contributed by atoms with E-state index in [-0.39, 0.29) is 23.5 Å². The molecule has 3 unspecified atom stereocenters. The highest BCUT2D eigenvalue weighted by Crippen LogP contribution is 2.25. The largest absolute Gasteiger partial charge is 0.376 e. The van der Waals surface area contributed by atoms with E-state index in [1.807, 2.05) is 44.2 Å². The van der Waals surface area contributed by atoms with Crippen molar-refractivity contribution in [3.05, 3.63) is 35.9 Å². The molecule has 110 valence electrons. The molecule has 0 radical (unpaired) electrons. The highest BCUT2D eigenvalue weighted by molar-refractivity contribution is 5.80. The number of hydrogen-bond acceptors (Lipinski definition) is 3. The zero-order valence-corrected chi connectivity index (χ0v) is 12.3. The Morgan fingerprint density at radius 1 is 1.50 bits per heavy atom. The van der Waals surface area contributed by atoms with Crippen LogP contribution >= 0.6 is 0 Å². The van der Waals surface area contributed by atoms with E-state index in [1.54, 1.807) is 0 Å². The van der Waals surface area contributed by atoms with E-state index < -0.39 is 0 Å². The van der Waals surface area contributed by atoms with Gasteiger partial charge in [-0.15, -0.1) is 0 Å². The van der Waals surface area contributed by atoms with Crippen molar-refractivity contribution in [2.45, 2.75) is 38.3 Å². The minimum atomic E-state index is -0.277. The van der Waals surface area contributed by atoms with E-state index in [9.17, 15) is 4.79 Å². The Hall–Kier alpha value is -1.39. The molecule has 20 heavy (non-hydrogen) atoms. The summed E-state index contributed by atoms with van der Waals surface area (Å²) in [6.07, 6.45) is 1.57. The third kappa shape index (κ3) is 3.38. The molecular weight excluding hydrogens is 252 g/mol. The lowest BCUT2D eigenvalue weighted by molar-refractivity contribution is -0.127. The Kier molecular flexibility index (Phi) is 4.78. The molecule has 0 aliphatic carbocycles. The molecule has 1 aromatic carbocycles. The molecule has 1 aromatic rings. The smallest absolute Gasteiger partial charge is 0.225 e. The maximum atomic E-state index is 12.4. The maximum Gasteiger partial charge on any atom is 0.225 e. The fourth-order valence-electron chi connectivity index (χ4n) is 2.56. The molecule has 1 aliphatic heterocycles. The summed E-state index contributed by atoms with van der Waals surface area (Å²) in [6, 6.07) is 9.99. The molecule has 1 heterocycles. The lowest BCUT2D eigenvalue weighted by Crippen LogP contribution is -2.53. The molecule has 0 spiro atoms. The molecule has 3 N–H and O–H groups in total. The number of nitrogens with two attached hydrogens (primary N) is 1. The van der Waals surface area contributed by atoms with E-state index >= 15 is 0 Å². The Balaban J connectivity index is 1.99. The Morgan fingerprint density at radius 3 is 2.75 bits per heavy atom. The van der Waals surface area contributed by atoms with Crippen LogP contribution in [0.2, 0.25) is 0 Å². The zero-order chi connectivity index (χ0) is 14.6. The van der Waals surface area contributed by atoms with Gasteiger partial charge in [-0.25, -0.2) is 0 Å². The van der Waals surface area contributed by atoms with Crippen molar-refractivity contribution >= 4 is 5.91 Å². The molecule has 1 saturated heterocycles. The Morgan fingerprint density at radius 2 is 2.20 bits per heavy atom. The standard InChI is InChI=1S/C16H24N2O2/c1-12-16(2,8-9-20-12)18-15(19)14(11-17)10-13-6-4-3-5-7-13/h3-7,12,14H,8-11,17H2,1-2H3,(H,18,19). The second-order valence-electron chi connectivity index (χ2n) is 5.79. The maximum absolute atomic E-state index is 12.4. The van der Waals surface area contributed by atoms with Crippen molar-refractivity contribution in [1.29, 1.82) is 0 Å². The molecule has 0 bridgehead atoms.